The first-order valence-corrected chi connectivity index (χ1v) is 5.50. The molecular formula is C13H16N4. The van der Waals surface area contributed by atoms with Gasteiger partial charge in [-0.2, -0.15) is 0 Å². The number of nitrogens with zero attached hydrogens (tertiary/aromatic N) is 3. The van der Waals surface area contributed by atoms with E-state index in [9.17, 15) is 0 Å². The molecule has 4 heteroatoms. The quantitative estimate of drug-likeness (QED) is 0.633. The highest BCUT2D eigenvalue weighted by atomic mass is 15.0. The topological polar surface area (TPSA) is 56.2 Å². The molecule has 0 spiro atoms. The predicted molar refractivity (Wildman–Crippen MR) is 71.7 cm³/mol. The molecule has 2 N–H and O–H groups in total. The van der Waals surface area contributed by atoms with Gasteiger partial charge >= 0.3 is 0 Å². The van der Waals surface area contributed by atoms with Crippen molar-refractivity contribution in [1.29, 1.82) is 0 Å². The van der Waals surface area contributed by atoms with Crippen LogP contribution in [0.15, 0.2) is 35.6 Å². The maximum atomic E-state index is 5.62. The van der Waals surface area contributed by atoms with Crippen molar-refractivity contribution < 1.29 is 0 Å². The number of hydrogen-bond donors (Lipinski definition) is 1. The van der Waals surface area contributed by atoms with Crippen LogP contribution in [-0.2, 0) is 7.05 Å². The van der Waals surface area contributed by atoms with Crippen molar-refractivity contribution in [2.75, 3.05) is 0 Å². The predicted octanol–water partition coefficient (Wildman–Crippen LogP) is 2.31. The molecule has 0 atom stereocenters. The summed E-state index contributed by atoms with van der Waals surface area (Å²) in [5, 5.41) is 0. The number of hydrogen-bond acceptors (Lipinski definition) is 2. The molecule has 0 aliphatic rings. The van der Waals surface area contributed by atoms with E-state index in [-0.39, 0.29) is 0 Å². The molecule has 0 fully saturated rings. The van der Waals surface area contributed by atoms with Crippen LogP contribution >= 0.6 is 0 Å². The lowest BCUT2D eigenvalue weighted by molar-refractivity contribution is 0.947. The number of fused-ring (bicyclic) bond motifs is 1. The molecule has 2 rings (SSSR count). The van der Waals surface area contributed by atoms with Gasteiger partial charge in [0.2, 0.25) is 0 Å². The molecule has 88 valence electrons. The molecule has 0 unspecified atom stereocenters. The zero-order chi connectivity index (χ0) is 12.4. The van der Waals surface area contributed by atoms with E-state index < -0.39 is 0 Å². The Bertz CT molecular complexity index is 601. The van der Waals surface area contributed by atoms with E-state index in [0.717, 1.165) is 22.3 Å². The van der Waals surface area contributed by atoms with Gasteiger partial charge in [-0.1, -0.05) is 12.1 Å². The Morgan fingerprint density at radius 2 is 2.24 bits per heavy atom. The van der Waals surface area contributed by atoms with Crippen LogP contribution in [0, 0.1) is 0 Å². The third-order valence-electron chi connectivity index (χ3n) is 2.59. The van der Waals surface area contributed by atoms with Crippen LogP contribution in [-0.4, -0.2) is 15.4 Å². The third-order valence-corrected chi connectivity index (χ3v) is 2.59. The van der Waals surface area contributed by atoms with E-state index in [0.29, 0.717) is 5.84 Å². The number of aryl methyl sites for hydroxylation is 1. The van der Waals surface area contributed by atoms with Gasteiger partial charge < -0.3 is 10.3 Å². The first kappa shape index (κ1) is 11.4. The number of amidine groups is 1. The lowest BCUT2D eigenvalue weighted by atomic mass is 10.1. The smallest absolute Gasteiger partial charge is 0.0965 e. The fourth-order valence-electron chi connectivity index (χ4n) is 1.77. The average molecular weight is 228 g/mol. The van der Waals surface area contributed by atoms with Gasteiger partial charge in [-0.15, -0.1) is 0 Å². The number of benzene rings is 1. The van der Waals surface area contributed by atoms with Crippen LogP contribution in [0.3, 0.4) is 0 Å². The second-order valence-electron chi connectivity index (χ2n) is 3.99. The lowest BCUT2D eigenvalue weighted by Gasteiger charge is -2.03. The van der Waals surface area contributed by atoms with Gasteiger partial charge in [0.25, 0.3) is 0 Å². The standard InChI is InChI=1S/C13H16N4/c1-4-11(16-9(2)14)10-5-6-12-13(7-10)17(3)8-15-12/h4-8H,1-3H3,(H2,14,16). The summed E-state index contributed by atoms with van der Waals surface area (Å²) in [7, 11) is 1.98. The minimum atomic E-state index is 0.559. The summed E-state index contributed by atoms with van der Waals surface area (Å²) in [4.78, 5) is 8.60. The van der Waals surface area contributed by atoms with Crippen molar-refractivity contribution >= 4 is 22.6 Å². The van der Waals surface area contributed by atoms with Gasteiger partial charge in [-0.05, 0) is 26.0 Å². The van der Waals surface area contributed by atoms with E-state index >= 15 is 0 Å². The molecule has 2 aromatic rings. The van der Waals surface area contributed by atoms with Crippen molar-refractivity contribution in [1.82, 2.24) is 9.55 Å². The van der Waals surface area contributed by atoms with E-state index in [1.807, 2.05) is 36.7 Å². The molecule has 1 aromatic carbocycles. The Kier molecular flexibility index (Phi) is 2.95. The van der Waals surface area contributed by atoms with Crippen LogP contribution in [0.1, 0.15) is 19.4 Å². The molecule has 1 aromatic heterocycles. The number of rotatable bonds is 2. The fraction of sp³-hybridized carbons (Fsp3) is 0.231. The van der Waals surface area contributed by atoms with Crippen molar-refractivity contribution in [3.8, 4) is 0 Å². The van der Waals surface area contributed by atoms with Crippen molar-refractivity contribution in [2.24, 2.45) is 17.8 Å². The van der Waals surface area contributed by atoms with Crippen molar-refractivity contribution in [2.45, 2.75) is 13.8 Å². The second-order valence-corrected chi connectivity index (χ2v) is 3.99. The maximum absolute atomic E-state index is 5.62. The van der Waals surface area contributed by atoms with E-state index in [2.05, 4.69) is 16.0 Å². The Balaban J connectivity index is 2.55. The van der Waals surface area contributed by atoms with Crippen LogP contribution in [0.25, 0.3) is 16.7 Å². The summed E-state index contributed by atoms with van der Waals surface area (Å²) in [6.07, 6.45) is 3.76. The summed E-state index contributed by atoms with van der Waals surface area (Å²) in [6.45, 7) is 3.74. The van der Waals surface area contributed by atoms with Gasteiger partial charge in [0.15, 0.2) is 0 Å². The highest BCUT2D eigenvalue weighted by Crippen LogP contribution is 2.21. The summed E-state index contributed by atoms with van der Waals surface area (Å²) < 4.78 is 1.99. The molecule has 4 nitrogen and oxygen atoms in total. The second kappa shape index (κ2) is 4.41. The number of aliphatic imine (C=N–C) groups is 1. The zero-order valence-corrected chi connectivity index (χ0v) is 10.3. The molecule has 0 amide bonds. The molecule has 0 radical (unpaired) electrons. The lowest BCUT2D eigenvalue weighted by Crippen LogP contribution is -2.05. The molecular weight excluding hydrogens is 212 g/mol. The van der Waals surface area contributed by atoms with Crippen LogP contribution in [0.4, 0.5) is 0 Å². The molecule has 0 aliphatic heterocycles. The number of nitrogens with two attached hydrogens (primary N) is 1. The molecule has 0 saturated heterocycles. The first-order chi connectivity index (χ1) is 8.11. The first-order valence-electron chi connectivity index (χ1n) is 5.50. The van der Waals surface area contributed by atoms with E-state index in [4.69, 9.17) is 5.73 Å². The Morgan fingerprint density at radius 3 is 2.88 bits per heavy atom. The van der Waals surface area contributed by atoms with Gasteiger partial charge in [-0.3, -0.25) is 0 Å². The monoisotopic (exact) mass is 228 g/mol. The van der Waals surface area contributed by atoms with Crippen molar-refractivity contribution in [3.63, 3.8) is 0 Å². The molecule has 1 heterocycles. The summed E-state index contributed by atoms with van der Waals surface area (Å²) in [5.41, 5.74) is 9.63. The average Bonchev–Trinajstić information content (AvgIpc) is 2.67. The Morgan fingerprint density at radius 1 is 1.47 bits per heavy atom. The number of allylic oxidation sites excluding steroid dienone is 1. The van der Waals surface area contributed by atoms with Crippen molar-refractivity contribution in [3.05, 3.63) is 36.2 Å². The zero-order valence-electron chi connectivity index (χ0n) is 10.3. The summed E-state index contributed by atoms with van der Waals surface area (Å²) in [5.74, 6) is 0.559. The van der Waals surface area contributed by atoms with Gasteiger partial charge in [0.05, 0.1) is 28.9 Å². The Hall–Kier alpha value is -2.10. The molecule has 17 heavy (non-hydrogen) atoms. The largest absolute Gasteiger partial charge is 0.387 e. The van der Waals surface area contributed by atoms with Gasteiger partial charge in [0.1, 0.15) is 0 Å². The van der Waals surface area contributed by atoms with Crippen LogP contribution < -0.4 is 5.73 Å². The Labute approximate surface area is 100 Å². The summed E-state index contributed by atoms with van der Waals surface area (Å²) >= 11 is 0. The van der Waals surface area contributed by atoms with Crippen LogP contribution in [0.5, 0.6) is 0 Å². The minimum absolute atomic E-state index is 0.559. The van der Waals surface area contributed by atoms with Gasteiger partial charge in [0, 0.05) is 12.6 Å². The highest BCUT2D eigenvalue weighted by Gasteiger charge is 2.04. The third kappa shape index (κ3) is 2.20. The number of aromatic nitrogens is 2. The normalized spacial score (nSPS) is 13.4. The minimum Gasteiger partial charge on any atom is -0.387 e. The van der Waals surface area contributed by atoms with E-state index in [1.165, 1.54) is 0 Å². The molecule has 0 bridgehead atoms. The van der Waals surface area contributed by atoms with E-state index in [1.54, 1.807) is 13.3 Å². The molecule has 0 saturated carbocycles. The SMILES string of the molecule is CC=C(N=C(C)N)c1ccc2ncn(C)c2c1. The fourth-order valence-corrected chi connectivity index (χ4v) is 1.77. The highest BCUT2D eigenvalue weighted by molar-refractivity contribution is 5.87. The number of imidazole rings is 1. The molecule has 0 aliphatic carbocycles. The summed E-state index contributed by atoms with van der Waals surface area (Å²) in [6, 6.07) is 6.08. The van der Waals surface area contributed by atoms with Crippen LogP contribution in [0.2, 0.25) is 0 Å². The van der Waals surface area contributed by atoms with Gasteiger partial charge in [-0.25, -0.2) is 9.98 Å². The maximum Gasteiger partial charge on any atom is 0.0965 e.